The zero-order chi connectivity index (χ0) is 25.0. The van der Waals surface area contributed by atoms with Crippen LogP contribution in [0.5, 0.6) is 0 Å². The summed E-state index contributed by atoms with van der Waals surface area (Å²) in [6, 6.07) is 47.0. The SMILES string of the molecule is CC(C)(C)c1ccc(Nc2ccc(N(c3ccccc3)c3ccccc3)cc2)c(-c2ccccc2)c1. The normalized spacial score (nSPS) is 11.2. The number of rotatable bonds is 6. The monoisotopic (exact) mass is 468 g/mol. The van der Waals surface area contributed by atoms with Crippen LogP contribution in [0.15, 0.2) is 133 Å². The lowest BCUT2D eigenvalue weighted by Gasteiger charge is -2.25. The predicted octanol–water partition coefficient (Wildman–Crippen LogP) is 9.86. The first kappa shape index (κ1) is 23.4. The highest BCUT2D eigenvalue weighted by atomic mass is 15.1. The van der Waals surface area contributed by atoms with Crippen LogP contribution < -0.4 is 10.2 Å². The van der Waals surface area contributed by atoms with Crippen molar-refractivity contribution in [1.29, 1.82) is 0 Å². The van der Waals surface area contributed by atoms with E-state index in [1.807, 2.05) is 0 Å². The molecule has 0 saturated heterocycles. The maximum atomic E-state index is 3.68. The highest BCUT2D eigenvalue weighted by Gasteiger charge is 2.17. The molecule has 5 aromatic carbocycles. The van der Waals surface area contributed by atoms with Gasteiger partial charge in [-0.3, -0.25) is 0 Å². The molecule has 0 spiro atoms. The van der Waals surface area contributed by atoms with Crippen molar-refractivity contribution in [3.05, 3.63) is 139 Å². The van der Waals surface area contributed by atoms with Crippen molar-refractivity contribution in [3.8, 4) is 11.1 Å². The fraction of sp³-hybridized carbons (Fsp3) is 0.118. The molecule has 0 unspecified atom stereocenters. The fourth-order valence-corrected chi connectivity index (χ4v) is 4.43. The van der Waals surface area contributed by atoms with Gasteiger partial charge in [-0.05, 0) is 77.2 Å². The Kier molecular flexibility index (Phi) is 6.60. The maximum Gasteiger partial charge on any atom is 0.0464 e. The lowest BCUT2D eigenvalue weighted by Crippen LogP contribution is -2.11. The summed E-state index contributed by atoms with van der Waals surface area (Å²) in [5.41, 5.74) is 9.37. The van der Waals surface area contributed by atoms with Crippen molar-refractivity contribution in [2.45, 2.75) is 26.2 Å². The Labute approximate surface area is 214 Å². The van der Waals surface area contributed by atoms with E-state index in [1.54, 1.807) is 0 Å². The van der Waals surface area contributed by atoms with Crippen LogP contribution >= 0.6 is 0 Å². The average molecular weight is 469 g/mol. The molecule has 0 amide bonds. The molecule has 0 fully saturated rings. The smallest absolute Gasteiger partial charge is 0.0464 e. The standard InChI is InChI=1S/C34H32N2/c1-34(2,3)27-19-24-33(32(25-27)26-13-7-4-8-14-26)35-28-20-22-31(23-21-28)36(29-15-9-5-10-16-29)30-17-11-6-12-18-30/h4-25,35H,1-3H3. The summed E-state index contributed by atoms with van der Waals surface area (Å²) in [7, 11) is 0. The van der Waals surface area contributed by atoms with Gasteiger partial charge in [0.25, 0.3) is 0 Å². The molecular weight excluding hydrogens is 436 g/mol. The minimum atomic E-state index is 0.0854. The number of hydrogen-bond acceptors (Lipinski definition) is 2. The molecule has 1 N–H and O–H groups in total. The summed E-state index contributed by atoms with van der Waals surface area (Å²) in [4.78, 5) is 2.28. The molecule has 5 rings (SSSR count). The molecule has 0 aliphatic rings. The molecule has 0 heterocycles. The predicted molar refractivity (Wildman–Crippen MR) is 155 cm³/mol. The van der Waals surface area contributed by atoms with E-state index in [0.717, 1.165) is 28.4 Å². The first-order chi connectivity index (χ1) is 17.5. The van der Waals surface area contributed by atoms with Gasteiger partial charge in [-0.15, -0.1) is 0 Å². The molecule has 0 aromatic heterocycles. The molecule has 0 atom stereocenters. The van der Waals surface area contributed by atoms with Gasteiger partial charge in [0.2, 0.25) is 0 Å². The molecule has 0 aliphatic carbocycles. The van der Waals surface area contributed by atoms with Crippen LogP contribution in [0.4, 0.5) is 28.4 Å². The van der Waals surface area contributed by atoms with Crippen LogP contribution in [0.3, 0.4) is 0 Å². The number of benzene rings is 5. The molecular formula is C34H32N2. The zero-order valence-electron chi connectivity index (χ0n) is 21.1. The van der Waals surface area contributed by atoms with Gasteiger partial charge in [0.1, 0.15) is 0 Å². The largest absolute Gasteiger partial charge is 0.355 e. The van der Waals surface area contributed by atoms with Crippen LogP contribution in [-0.2, 0) is 5.41 Å². The number of nitrogens with one attached hydrogen (secondary N) is 1. The van der Waals surface area contributed by atoms with E-state index in [9.17, 15) is 0 Å². The molecule has 0 saturated carbocycles. The molecule has 2 heteroatoms. The number of anilines is 5. The zero-order valence-corrected chi connectivity index (χ0v) is 21.1. The van der Waals surface area contributed by atoms with Gasteiger partial charge < -0.3 is 10.2 Å². The van der Waals surface area contributed by atoms with Gasteiger partial charge in [-0.25, -0.2) is 0 Å². The Balaban J connectivity index is 1.49. The van der Waals surface area contributed by atoms with Crippen LogP contribution in [0, 0.1) is 0 Å². The van der Waals surface area contributed by atoms with Crippen molar-refractivity contribution >= 4 is 28.4 Å². The lowest BCUT2D eigenvalue weighted by molar-refractivity contribution is 0.590. The second-order valence-electron chi connectivity index (χ2n) is 10.1. The third kappa shape index (κ3) is 5.18. The van der Waals surface area contributed by atoms with Gasteiger partial charge in [0.15, 0.2) is 0 Å². The van der Waals surface area contributed by atoms with E-state index in [2.05, 4.69) is 164 Å². The van der Waals surface area contributed by atoms with E-state index in [1.165, 1.54) is 16.7 Å². The summed E-state index contributed by atoms with van der Waals surface area (Å²) in [6.07, 6.45) is 0. The second-order valence-corrected chi connectivity index (χ2v) is 10.1. The minimum Gasteiger partial charge on any atom is -0.355 e. The Morgan fingerprint density at radius 3 is 1.56 bits per heavy atom. The number of para-hydroxylation sites is 2. The van der Waals surface area contributed by atoms with Crippen LogP contribution in [0.1, 0.15) is 26.3 Å². The van der Waals surface area contributed by atoms with E-state index in [0.29, 0.717) is 0 Å². The average Bonchev–Trinajstić information content (AvgIpc) is 2.91. The molecule has 2 nitrogen and oxygen atoms in total. The van der Waals surface area contributed by atoms with Crippen molar-refractivity contribution in [2.24, 2.45) is 0 Å². The lowest BCUT2D eigenvalue weighted by atomic mass is 9.85. The second kappa shape index (κ2) is 10.1. The summed E-state index contributed by atoms with van der Waals surface area (Å²) in [5.74, 6) is 0. The van der Waals surface area contributed by atoms with Crippen LogP contribution in [0.2, 0.25) is 0 Å². The highest BCUT2D eigenvalue weighted by molar-refractivity contribution is 5.83. The molecule has 178 valence electrons. The Bertz CT molecular complexity index is 1360. The van der Waals surface area contributed by atoms with Crippen molar-refractivity contribution in [3.63, 3.8) is 0 Å². The molecule has 0 bridgehead atoms. The maximum absolute atomic E-state index is 3.68. The van der Waals surface area contributed by atoms with Gasteiger partial charge >= 0.3 is 0 Å². The van der Waals surface area contributed by atoms with E-state index in [4.69, 9.17) is 0 Å². The summed E-state index contributed by atoms with van der Waals surface area (Å²) in [5, 5.41) is 3.68. The van der Waals surface area contributed by atoms with Crippen molar-refractivity contribution < 1.29 is 0 Å². The van der Waals surface area contributed by atoms with Gasteiger partial charge in [0.05, 0.1) is 0 Å². The molecule has 5 aromatic rings. The van der Waals surface area contributed by atoms with Gasteiger partial charge in [-0.1, -0.05) is 93.6 Å². The Hall–Kier alpha value is -4.30. The highest BCUT2D eigenvalue weighted by Crippen LogP contribution is 2.37. The first-order valence-corrected chi connectivity index (χ1v) is 12.5. The number of nitrogens with zero attached hydrogens (tertiary/aromatic N) is 1. The van der Waals surface area contributed by atoms with Crippen molar-refractivity contribution in [2.75, 3.05) is 10.2 Å². The van der Waals surface area contributed by atoms with Gasteiger partial charge in [-0.2, -0.15) is 0 Å². The Morgan fingerprint density at radius 2 is 1.03 bits per heavy atom. The topological polar surface area (TPSA) is 15.3 Å². The third-order valence-corrected chi connectivity index (χ3v) is 6.40. The van der Waals surface area contributed by atoms with Crippen LogP contribution in [0.25, 0.3) is 11.1 Å². The van der Waals surface area contributed by atoms with Crippen LogP contribution in [-0.4, -0.2) is 0 Å². The quantitative estimate of drug-likeness (QED) is 0.267. The minimum absolute atomic E-state index is 0.0854. The summed E-state index contributed by atoms with van der Waals surface area (Å²) < 4.78 is 0. The van der Waals surface area contributed by atoms with E-state index >= 15 is 0 Å². The fourth-order valence-electron chi connectivity index (χ4n) is 4.43. The molecule has 0 aliphatic heterocycles. The first-order valence-electron chi connectivity index (χ1n) is 12.5. The molecule has 0 radical (unpaired) electrons. The van der Waals surface area contributed by atoms with E-state index in [-0.39, 0.29) is 5.41 Å². The Morgan fingerprint density at radius 1 is 0.528 bits per heavy atom. The summed E-state index contributed by atoms with van der Waals surface area (Å²) in [6.45, 7) is 6.77. The third-order valence-electron chi connectivity index (χ3n) is 6.40. The van der Waals surface area contributed by atoms with Gasteiger partial charge in [0, 0.05) is 34.0 Å². The number of hydrogen-bond donors (Lipinski definition) is 1. The van der Waals surface area contributed by atoms with Crippen molar-refractivity contribution in [1.82, 2.24) is 0 Å². The summed E-state index contributed by atoms with van der Waals surface area (Å²) >= 11 is 0. The molecule has 36 heavy (non-hydrogen) atoms. The van der Waals surface area contributed by atoms with E-state index < -0.39 is 0 Å².